The smallest absolute Gasteiger partial charge is 0.253 e. The van der Waals surface area contributed by atoms with E-state index in [1.54, 1.807) is 6.07 Å². The van der Waals surface area contributed by atoms with Crippen LogP contribution in [-0.4, -0.2) is 25.0 Å². The molecule has 1 aliphatic carbocycles. The summed E-state index contributed by atoms with van der Waals surface area (Å²) >= 11 is 12.9. The van der Waals surface area contributed by atoms with Crippen LogP contribution in [0.1, 0.15) is 29.6 Å². The number of amides is 1. The lowest BCUT2D eigenvalue weighted by Crippen LogP contribution is -2.27. The number of carbonyl (C=O) groups excluding carboxylic acids is 1. The van der Waals surface area contributed by atoms with Crippen molar-refractivity contribution in [1.29, 1.82) is 0 Å². The van der Waals surface area contributed by atoms with Crippen molar-refractivity contribution in [3.8, 4) is 0 Å². The van der Waals surface area contributed by atoms with E-state index in [9.17, 15) is 4.79 Å². The van der Waals surface area contributed by atoms with Gasteiger partial charge in [-0.3, -0.25) is 4.79 Å². The van der Waals surface area contributed by atoms with E-state index in [1.165, 1.54) is 24.2 Å². The summed E-state index contributed by atoms with van der Waals surface area (Å²) in [5.74, 6) is -0.149. The maximum atomic E-state index is 11.7. The molecule has 0 spiro atoms. The first-order valence-electron chi connectivity index (χ1n) is 5.63. The summed E-state index contributed by atoms with van der Waals surface area (Å²) in [4.78, 5) is 11.7. The lowest BCUT2D eigenvalue weighted by Gasteiger charge is -2.05. The Hall–Kier alpha value is -0.290. The minimum absolute atomic E-state index is 0.149. The molecule has 0 aromatic carbocycles. The zero-order chi connectivity index (χ0) is 12.3. The second-order valence-electron chi connectivity index (χ2n) is 4.08. The number of nitrogens with one attached hydrogen (secondary N) is 2. The van der Waals surface area contributed by atoms with Gasteiger partial charge in [-0.1, -0.05) is 23.2 Å². The van der Waals surface area contributed by atoms with Gasteiger partial charge < -0.3 is 10.6 Å². The van der Waals surface area contributed by atoms with E-state index in [4.69, 9.17) is 23.2 Å². The average Bonchev–Trinajstić information content (AvgIpc) is 3.03. The molecule has 0 atom stereocenters. The monoisotopic (exact) mass is 292 g/mol. The van der Waals surface area contributed by atoms with E-state index in [-0.39, 0.29) is 5.91 Å². The van der Waals surface area contributed by atoms with Crippen molar-refractivity contribution in [2.24, 2.45) is 0 Å². The molecule has 17 heavy (non-hydrogen) atoms. The van der Waals surface area contributed by atoms with E-state index in [1.807, 2.05) is 0 Å². The Morgan fingerprint density at radius 1 is 1.41 bits per heavy atom. The molecule has 3 nitrogen and oxygen atoms in total. The van der Waals surface area contributed by atoms with Gasteiger partial charge in [-0.25, -0.2) is 0 Å². The highest BCUT2D eigenvalue weighted by Crippen LogP contribution is 2.30. The Labute approximate surface area is 114 Å². The summed E-state index contributed by atoms with van der Waals surface area (Å²) in [6, 6.07) is 2.32. The van der Waals surface area contributed by atoms with Gasteiger partial charge in [-0.15, -0.1) is 11.3 Å². The van der Waals surface area contributed by atoms with Crippen LogP contribution >= 0.6 is 34.5 Å². The first kappa shape index (κ1) is 13.1. The van der Waals surface area contributed by atoms with Crippen LogP contribution in [0.5, 0.6) is 0 Å². The van der Waals surface area contributed by atoms with Gasteiger partial charge in [0.1, 0.15) is 4.34 Å². The van der Waals surface area contributed by atoms with Gasteiger partial charge in [0, 0.05) is 12.6 Å². The number of halogens is 2. The molecule has 1 fully saturated rings. The zero-order valence-electron chi connectivity index (χ0n) is 9.26. The Morgan fingerprint density at radius 3 is 2.76 bits per heavy atom. The Bertz CT molecular complexity index is 404. The SMILES string of the molecule is O=C(NCCCNC1CC1)c1cc(Cl)sc1Cl. The summed E-state index contributed by atoms with van der Waals surface area (Å²) < 4.78 is 0.985. The lowest BCUT2D eigenvalue weighted by atomic mass is 10.3. The maximum Gasteiger partial charge on any atom is 0.253 e. The van der Waals surface area contributed by atoms with Crippen LogP contribution in [0, 0.1) is 0 Å². The van der Waals surface area contributed by atoms with E-state index in [0.29, 0.717) is 20.8 Å². The van der Waals surface area contributed by atoms with Gasteiger partial charge in [-0.05, 0) is 31.9 Å². The summed E-state index contributed by atoms with van der Waals surface area (Å²) in [6.07, 6.45) is 3.50. The highest BCUT2D eigenvalue weighted by molar-refractivity contribution is 7.20. The Kier molecular flexibility index (Phi) is 4.68. The normalized spacial score (nSPS) is 14.9. The standard InChI is InChI=1S/C11H14Cl2N2OS/c12-9-6-8(10(13)17-9)11(16)15-5-1-4-14-7-2-3-7/h6-7,14H,1-5H2,(H,15,16). The third kappa shape index (κ3) is 4.14. The van der Waals surface area contributed by atoms with Crippen molar-refractivity contribution >= 4 is 40.4 Å². The second kappa shape index (κ2) is 6.05. The Morgan fingerprint density at radius 2 is 2.18 bits per heavy atom. The molecule has 0 radical (unpaired) electrons. The third-order valence-corrected chi connectivity index (χ3v) is 4.04. The van der Waals surface area contributed by atoms with Crippen molar-refractivity contribution in [2.45, 2.75) is 25.3 Å². The molecule has 0 bridgehead atoms. The molecule has 1 heterocycles. The third-order valence-electron chi connectivity index (χ3n) is 2.55. The van der Waals surface area contributed by atoms with Crippen LogP contribution in [0.15, 0.2) is 6.07 Å². The van der Waals surface area contributed by atoms with Gasteiger partial charge >= 0.3 is 0 Å². The van der Waals surface area contributed by atoms with E-state index in [0.717, 1.165) is 19.0 Å². The van der Waals surface area contributed by atoms with E-state index >= 15 is 0 Å². The second-order valence-corrected chi connectivity index (χ2v) is 6.36. The molecule has 0 saturated heterocycles. The van der Waals surface area contributed by atoms with Crippen molar-refractivity contribution in [3.05, 3.63) is 20.3 Å². The van der Waals surface area contributed by atoms with Crippen molar-refractivity contribution in [1.82, 2.24) is 10.6 Å². The fraction of sp³-hybridized carbons (Fsp3) is 0.545. The van der Waals surface area contributed by atoms with Crippen LogP contribution in [0.4, 0.5) is 0 Å². The summed E-state index contributed by atoms with van der Waals surface area (Å²) in [7, 11) is 0. The first-order valence-corrected chi connectivity index (χ1v) is 7.20. The van der Waals surface area contributed by atoms with Crippen molar-refractivity contribution in [2.75, 3.05) is 13.1 Å². The summed E-state index contributed by atoms with van der Waals surface area (Å²) in [5.41, 5.74) is 0.469. The molecule has 1 saturated carbocycles. The van der Waals surface area contributed by atoms with E-state index < -0.39 is 0 Å². The van der Waals surface area contributed by atoms with Crippen molar-refractivity contribution in [3.63, 3.8) is 0 Å². The minimum Gasteiger partial charge on any atom is -0.352 e. The molecule has 2 rings (SSSR count). The average molecular weight is 293 g/mol. The predicted octanol–water partition coefficient (Wildman–Crippen LogP) is 2.93. The molecule has 0 unspecified atom stereocenters. The van der Waals surface area contributed by atoms with Crippen LogP contribution in [0.25, 0.3) is 0 Å². The molecule has 1 aliphatic rings. The minimum atomic E-state index is -0.149. The summed E-state index contributed by atoms with van der Waals surface area (Å²) in [5, 5.41) is 6.22. The molecule has 0 aliphatic heterocycles. The molecule has 1 amide bonds. The fourth-order valence-electron chi connectivity index (χ4n) is 1.47. The maximum absolute atomic E-state index is 11.7. The molecule has 1 aromatic heterocycles. The summed E-state index contributed by atoms with van der Waals surface area (Å²) in [6.45, 7) is 1.60. The van der Waals surface area contributed by atoms with Gasteiger partial charge in [0.05, 0.1) is 9.90 Å². The molecule has 1 aromatic rings. The van der Waals surface area contributed by atoms with Crippen LogP contribution in [0.3, 0.4) is 0 Å². The predicted molar refractivity (Wildman–Crippen MR) is 72.3 cm³/mol. The molecular formula is C11H14Cl2N2OS. The van der Waals surface area contributed by atoms with Gasteiger partial charge in [0.2, 0.25) is 0 Å². The first-order chi connectivity index (χ1) is 8.16. The topological polar surface area (TPSA) is 41.1 Å². The molecule has 6 heteroatoms. The molecule has 2 N–H and O–H groups in total. The van der Waals surface area contributed by atoms with Gasteiger partial charge in [0.25, 0.3) is 5.91 Å². The van der Waals surface area contributed by atoms with Crippen molar-refractivity contribution < 1.29 is 4.79 Å². The largest absolute Gasteiger partial charge is 0.352 e. The van der Waals surface area contributed by atoms with Gasteiger partial charge in [0.15, 0.2) is 0 Å². The molecular weight excluding hydrogens is 279 g/mol. The lowest BCUT2D eigenvalue weighted by molar-refractivity contribution is 0.0954. The van der Waals surface area contributed by atoms with Gasteiger partial charge in [-0.2, -0.15) is 0 Å². The highest BCUT2D eigenvalue weighted by Gasteiger charge is 2.19. The fourth-order valence-corrected chi connectivity index (χ4v) is 2.93. The number of hydrogen-bond donors (Lipinski definition) is 2. The van der Waals surface area contributed by atoms with E-state index in [2.05, 4.69) is 10.6 Å². The number of thiophene rings is 1. The number of carbonyl (C=O) groups is 1. The van der Waals surface area contributed by atoms with Crippen LogP contribution in [-0.2, 0) is 0 Å². The van der Waals surface area contributed by atoms with Crippen LogP contribution in [0.2, 0.25) is 8.67 Å². The molecule has 94 valence electrons. The number of hydrogen-bond acceptors (Lipinski definition) is 3. The zero-order valence-corrected chi connectivity index (χ0v) is 11.6. The Balaban J connectivity index is 1.67. The quantitative estimate of drug-likeness (QED) is 0.792. The van der Waals surface area contributed by atoms with Crippen LogP contribution < -0.4 is 10.6 Å². The number of rotatable bonds is 6. The highest BCUT2D eigenvalue weighted by atomic mass is 35.5.